The molecule has 6 heterocycles. The third kappa shape index (κ3) is 6.30. The van der Waals surface area contributed by atoms with Gasteiger partial charge in [-0.3, -0.25) is 0 Å². The predicted molar refractivity (Wildman–Crippen MR) is 199 cm³/mol. The van der Waals surface area contributed by atoms with E-state index in [1.165, 1.54) is 13.2 Å². The molecule has 0 bridgehead atoms. The number of aliphatic hydroxyl groups excluding tert-OH is 2. The summed E-state index contributed by atoms with van der Waals surface area (Å²) < 4.78 is 5.32. The summed E-state index contributed by atoms with van der Waals surface area (Å²) in [5.41, 5.74) is 2.85. The van der Waals surface area contributed by atoms with E-state index < -0.39 is 0 Å². The molecule has 0 aliphatic heterocycles. The molecule has 9 aromatic rings. The SMILES string of the molecule is O=c1[nH]nc2c3ccccc3c(Br)cn12.O=c1[nH]nc2c3ccccc3c(C#CCO)cn12.O=c1[nH]nc2c3ccccc3c(CCCO)cn12.[HH]. The third-order valence-electron chi connectivity index (χ3n) is 8.20. The van der Waals surface area contributed by atoms with Crippen LogP contribution in [0.15, 0.2) is 110 Å². The number of aliphatic hydroxyl groups is 2. The number of nitrogens with one attached hydrogen (secondary N) is 3. The molecule has 0 atom stereocenters. The van der Waals surface area contributed by atoms with E-state index in [9.17, 15) is 14.4 Å². The van der Waals surface area contributed by atoms with E-state index in [-0.39, 0.29) is 31.7 Å². The molecule has 0 amide bonds. The van der Waals surface area contributed by atoms with E-state index in [4.69, 9.17) is 10.2 Å². The zero-order valence-corrected chi connectivity index (χ0v) is 28.3. The molecule has 0 unspecified atom stereocenters. The molecular formula is C36H30BrN9O5. The van der Waals surface area contributed by atoms with Gasteiger partial charge in [0.25, 0.3) is 0 Å². The highest BCUT2D eigenvalue weighted by Gasteiger charge is 2.11. The van der Waals surface area contributed by atoms with Gasteiger partial charge in [-0.15, -0.1) is 0 Å². The third-order valence-corrected chi connectivity index (χ3v) is 8.83. The maximum Gasteiger partial charge on any atom is 0.347 e. The first-order valence-electron chi connectivity index (χ1n) is 15.7. The van der Waals surface area contributed by atoms with Crippen molar-refractivity contribution in [3.63, 3.8) is 0 Å². The predicted octanol–water partition coefficient (Wildman–Crippen LogP) is 3.80. The average Bonchev–Trinajstić information content (AvgIpc) is 3.86. The van der Waals surface area contributed by atoms with Gasteiger partial charge in [0.2, 0.25) is 0 Å². The van der Waals surface area contributed by atoms with Gasteiger partial charge in [-0.2, -0.15) is 15.3 Å². The number of aromatic amines is 3. The zero-order chi connectivity index (χ0) is 35.5. The monoisotopic (exact) mass is 747 g/mol. The smallest absolute Gasteiger partial charge is 0.347 e. The Kier molecular flexibility index (Phi) is 9.27. The van der Waals surface area contributed by atoms with Gasteiger partial charge in [-0.25, -0.2) is 42.9 Å². The van der Waals surface area contributed by atoms with Crippen LogP contribution in [0.5, 0.6) is 0 Å². The number of halogens is 1. The Morgan fingerprint density at radius 2 is 1.08 bits per heavy atom. The molecule has 0 radical (unpaired) electrons. The topological polar surface area (TPSA) is 191 Å². The maximum atomic E-state index is 11.6. The largest absolute Gasteiger partial charge is 0.396 e. The minimum atomic E-state index is -0.303. The molecule has 5 N–H and O–H groups in total. The number of fused-ring (bicyclic) bond motifs is 9. The molecule has 0 saturated carbocycles. The fourth-order valence-electron chi connectivity index (χ4n) is 5.91. The summed E-state index contributed by atoms with van der Waals surface area (Å²) in [5, 5.41) is 42.8. The number of hydrogen-bond acceptors (Lipinski definition) is 8. The van der Waals surface area contributed by atoms with Crippen molar-refractivity contribution in [2.75, 3.05) is 13.2 Å². The Bertz CT molecular complexity index is 2970. The van der Waals surface area contributed by atoms with Gasteiger partial charge in [0.1, 0.15) is 6.61 Å². The van der Waals surface area contributed by atoms with E-state index in [0.29, 0.717) is 28.9 Å². The Morgan fingerprint density at radius 1 is 0.627 bits per heavy atom. The van der Waals surface area contributed by atoms with Crippen molar-refractivity contribution in [2.24, 2.45) is 0 Å². The number of H-pyrrole nitrogens is 3. The number of aromatic nitrogens is 9. The first-order chi connectivity index (χ1) is 24.9. The van der Waals surface area contributed by atoms with E-state index >= 15 is 0 Å². The van der Waals surface area contributed by atoms with Gasteiger partial charge < -0.3 is 10.2 Å². The summed E-state index contributed by atoms with van der Waals surface area (Å²) in [6, 6.07) is 23.2. The fourth-order valence-corrected chi connectivity index (χ4v) is 6.46. The summed E-state index contributed by atoms with van der Waals surface area (Å²) in [6.45, 7) is -0.0701. The molecule has 6 aromatic heterocycles. The van der Waals surface area contributed by atoms with Crippen molar-refractivity contribution in [1.82, 2.24) is 43.8 Å². The van der Waals surface area contributed by atoms with Crippen molar-refractivity contribution in [3.05, 3.63) is 138 Å². The lowest BCUT2D eigenvalue weighted by atomic mass is 10.0. The van der Waals surface area contributed by atoms with Gasteiger partial charge >= 0.3 is 17.1 Å². The Labute approximate surface area is 296 Å². The Morgan fingerprint density at radius 3 is 1.63 bits per heavy atom. The van der Waals surface area contributed by atoms with Gasteiger partial charge in [0.05, 0.1) is 0 Å². The van der Waals surface area contributed by atoms with Gasteiger partial charge in [-0.05, 0) is 39.7 Å². The molecule has 256 valence electrons. The molecule has 0 aliphatic rings. The van der Waals surface area contributed by atoms with Crippen molar-refractivity contribution in [2.45, 2.75) is 12.8 Å². The number of benzene rings is 3. The number of hydrogen-bond donors (Lipinski definition) is 5. The molecule has 0 aliphatic carbocycles. The van der Waals surface area contributed by atoms with Crippen LogP contribution in [0.2, 0.25) is 0 Å². The standard InChI is InChI=1S/C13H13N3O2.C13H9N3O2.C10H6BrN3O.H2/c2*17-7-3-4-9-8-16-12(14-15-13(16)18)11-6-2-1-5-10(9)11;11-8-5-14-9(12-13-10(14)15)7-4-2-1-3-6(7)8;/h1-2,5-6,8,17H,3-4,7H2,(H,15,18);1-2,5-6,8,17H,7H2,(H,15,18);1-5H,(H,13,15);1H. The molecule has 0 saturated heterocycles. The molecule has 3 aromatic carbocycles. The second kappa shape index (κ2) is 14.3. The van der Waals surface area contributed by atoms with Gasteiger partial charge in [-0.1, -0.05) is 84.6 Å². The number of rotatable bonds is 3. The van der Waals surface area contributed by atoms with Crippen LogP contribution in [-0.2, 0) is 6.42 Å². The highest BCUT2D eigenvalue weighted by molar-refractivity contribution is 9.10. The summed E-state index contributed by atoms with van der Waals surface area (Å²) in [5.74, 6) is 5.44. The van der Waals surface area contributed by atoms with Crippen LogP contribution in [0.1, 0.15) is 19.0 Å². The van der Waals surface area contributed by atoms with Crippen molar-refractivity contribution in [1.29, 1.82) is 0 Å². The van der Waals surface area contributed by atoms with Gasteiger partial charge in [0.15, 0.2) is 16.9 Å². The second-order valence-electron chi connectivity index (χ2n) is 11.3. The highest BCUT2D eigenvalue weighted by atomic mass is 79.9. The maximum absolute atomic E-state index is 11.6. The van der Waals surface area contributed by atoms with Crippen LogP contribution in [0.3, 0.4) is 0 Å². The van der Waals surface area contributed by atoms with Crippen molar-refractivity contribution >= 4 is 65.2 Å². The van der Waals surface area contributed by atoms with Crippen LogP contribution >= 0.6 is 15.9 Å². The molecule has 0 spiro atoms. The highest BCUT2D eigenvalue weighted by Crippen LogP contribution is 2.26. The summed E-state index contributed by atoms with van der Waals surface area (Å²) in [4.78, 5) is 34.6. The van der Waals surface area contributed by atoms with E-state index in [2.05, 4.69) is 58.4 Å². The lowest BCUT2D eigenvalue weighted by Gasteiger charge is -2.07. The molecule has 15 heteroatoms. The van der Waals surface area contributed by atoms with Gasteiger partial charge in [0, 0.05) is 63.6 Å². The summed E-state index contributed by atoms with van der Waals surface area (Å²) in [6.07, 6.45) is 6.58. The van der Waals surface area contributed by atoms with Crippen LogP contribution in [0, 0.1) is 11.8 Å². The second-order valence-corrected chi connectivity index (χ2v) is 12.1. The molecule has 51 heavy (non-hydrogen) atoms. The summed E-state index contributed by atoms with van der Waals surface area (Å²) in [7, 11) is 0. The van der Waals surface area contributed by atoms with E-state index in [1.54, 1.807) is 18.6 Å². The molecular weight excluding hydrogens is 718 g/mol. The molecule has 9 rings (SSSR count). The summed E-state index contributed by atoms with van der Waals surface area (Å²) >= 11 is 3.44. The van der Waals surface area contributed by atoms with Crippen LogP contribution in [0.4, 0.5) is 0 Å². The number of pyridine rings is 3. The lowest BCUT2D eigenvalue weighted by molar-refractivity contribution is 0.288. The first kappa shape index (κ1) is 33.2. The Balaban J connectivity index is 0.000000133. The number of aryl methyl sites for hydroxylation is 1. The van der Waals surface area contributed by atoms with Crippen LogP contribution in [0.25, 0.3) is 49.3 Å². The average molecular weight is 749 g/mol. The molecule has 14 nitrogen and oxygen atoms in total. The Hall–Kier alpha value is -6.34. The lowest BCUT2D eigenvalue weighted by Crippen LogP contribution is -2.10. The normalized spacial score (nSPS) is 11.0. The molecule has 0 fully saturated rings. The van der Waals surface area contributed by atoms with Crippen molar-refractivity contribution in [3.8, 4) is 11.8 Å². The fraction of sp³-hybridized carbons (Fsp3) is 0.111. The minimum absolute atomic E-state index is 0. The zero-order valence-electron chi connectivity index (χ0n) is 26.7. The van der Waals surface area contributed by atoms with E-state index in [1.807, 2.05) is 72.8 Å². The van der Waals surface area contributed by atoms with Crippen LogP contribution < -0.4 is 17.1 Å². The van der Waals surface area contributed by atoms with Crippen LogP contribution in [-0.4, -0.2) is 67.2 Å². The minimum Gasteiger partial charge on any atom is -0.396 e. The first-order valence-corrected chi connectivity index (χ1v) is 16.5. The quantitative estimate of drug-likeness (QED) is 0.169. The van der Waals surface area contributed by atoms with Crippen molar-refractivity contribution < 1.29 is 11.6 Å². The number of nitrogens with zero attached hydrogens (tertiary/aromatic N) is 6. The van der Waals surface area contributed by atoms with E-state index in [0.717, 1.165) is 48.8 Å².